The van der Waals surface area contributed by atoms with Gasteiger partial charge >= 0.3 is 0 Å². The number of hydrogen-bond acceptors (Lipinski definition) is 4. The fourth-order valence-corrected chi connectivity index (χ4v) is 6.33. The SMILES string of the molecule is CCN(CC)Cc1cc(N(c2cc(C)nc3cc(Cl)ccc23)S(=O)c2cccc3ccccc23)ccc1O. The van der Waals surface area contributed by atoms with Gasteiger partial charge in [0.05, 0.1) is 21.8 Å². The average Bonchev–Trinajstić information content (AvgIpc) is 2.92. The van der Waals surface area contributed by atoms with Crippen LogP contribution in [0.4, 0.5) is 11.4 Å². The molecule has 0 saturated heterocycles. The molecule has 0 saturated carbocycles. The molecule has 1 unspecified atom stereocenters. The van der Waals surface area contributed by atoms with E-state index in [0.717, 1.165) is 57.4 Å². The van der Waals surface area contributed by atoms with Crippen molar-refractivity contribution < 1.29 is 9.32 Å². The fraction of sp³-hybridized carbons (Fsp3) is 0.194. The van der Waals surface area contributed by atoms with Gasteiger partial charge in [-0.15, -0.1) is 0 Å². The molecule has 4 aromatic carbocycles. The van der Waals surface area contributed by atoms with Crippen LogP contribution < -0.4 is 4.31 Å². The second kappa shape index (κ2) is 11.1. The molecule has 0 spiro atoms. The van der Waals surface area contributed by atoms with E-state index < -0.39 is 11.0 Å². The van der Waals surface area contributed by atoms with Crippen LogP contribution in [-0.2, 0) is 17.5 Å². The highest BCUT2D eigenvalue weighted by atomic mass is 35.5. The third-order valence-corrected chi connectivity index (χ3v) is 8.49. The molecule has 0 radical (unpaired) electrons. The molecule has 0 aliphatic rings. The normalized spacial score (nSPS) is 12.3. The number of phenolic OH excluding ortho intramolecular Hbond substituents is 1. The summed E-state index contributed by atoms with van der Waals surface area (Å²) in [5.74, 6) is 0.221. The Balaban J connectivity index is 1.75. The third-order valence-electron chi connectivity index (χ3n) is 6.79. The lowest BCUT2D eigenvalue weighted by Gasteiger charge is -2.27. The van der Waals surface area contributed by atoms with Gasteiger partial charge < -0.3 is 5.11 Å². The Morgan fingerprint density at radius 2 is 1.66 bits per heavy atom. The summed E-state index contributed by atoms with van der Waals surface area (Å²) < 4.78 is 16.5. The Kier molecular flexibility index (Phi) is 7.65. The van der Waals surface area contributed by atoms with Gasteiger partial charge in [0.15, 0.2) is 11.0 Å². The molecule has 38 heavy (non-hydrogen) atoms. The Hall–Kier alpha value is -3.45. The highest BCUT2D eigenvalue weighted by Gasteiger charge is 2.24. The van der Waals surface area contributed by atoms with E-state index in [9.17, 15) is 9.32 Å². The van der Waals surface area contributed by atoms with E-state index in [2.05, 4.69) is 18.7 Å². The van der Waals surface area contributed by atoms with Crippen molar-refractivity contribution in [3.63, 3.8) is 0 Å². The molecule has 1 atom stereocenters. The summed E-state index contributed by atoms with van der Waals surface area (Å²) in [6.07, 6.45) is 0. The lowest BCUT2D eigenvalue weighted by molar-refractivity contribution is 0.291. The van der Waals surface area contributed by atoms with Crippen LogP contribution >= 0.6 is 11.6 Å². The van der Waals surface area contributed by atoms with E-state index in [1.54, 1.807) is 6.07 Å². The maximum atomic E-state index is 14.6. The molecule has 0 fully saturated rings. The first-order valence-corrected chi connectivity index (χ1v) is 14.2. The van der Waals surface area contributed by atoms with E-state index in [-0.39, 0.29) is 5.75 Å². The molecule has 0 aliphatic heterocycles. The number of nitrogens with zero attached hydrogens (tertiary/aromatic N) is 3. The zero-order chi connectivity index (χ0) is 26.8. The Bertz CT molecular complexity index is 1640. The number of halogens is 1. The van der Waals surface area contributed by atoms with Crippen molar-refractivity contribution in [3.8, 4) is 5.75 Å². The molecule has 1 heterocycles. The predicted octanol–water partition coefficient (Wildman–Crippen LogP) is 7.76. The minimum absolute atomic E-state index is 0.221. The van der Waals surface area contributed by atoms with E-state index in [1.807, 2.05) is 90.1 Å². The molecule has 1 aromatic heterocycles. The maximum absolute atomic E-state index is 14.6. The number of hydrogen-bond donors (Lipinski definition) is 1. The Morgan fingerprint density at radius 1 is 0.895 bits per heavy atom. The van der Waals surface area contributed by atoms with E-state index in [1.165, 1.54) is 0 Å². The number of anilines is 2. The summed E-state index contributed by atoms with van der Waals surface area (Å²) >= 11 is 6.31. The topological polar surface area (TPSA) is 56.7 Å². The quantitative estimate of drug-likeness (QED) is 0.217. The number of aryl methyl sites for hydroxylation is 1. The van der Waals surface area contributed by atoms with Gasteiger partial charge in [-0.3, -0.25) is 14.2 Å². The Labute approximate surface area is 230 Å². The van der Waals surface area contributed by atoms with E-state index in [0.29, 0.717) is 16.5 Å². The third kappa shape index (κ3) is 5.12. The number of phenols is 1. The number of rotatable bonds is 8. The summed E-state index contributed by atoms with van der Waals surface area (Å²) in [6.45, 7) is 8.44. The van der Waals surface area contributed by atoms with Crippen LogP contribution in [0.15, 0.2) is 89.8 Å². The monoisotopic (exact) mass is 543 g/mol. The zero-order valence-corrected chi connectivity index (χ0v) is 23.3. The standard InChI is InChI=1S/C31H30ClN3O2S/c1-4-34(5-2)20-23-18-25(14-16-30(23)36)35(29-17-21(3)33-28-19-24(32)13-15-27(28)29)38(37)31-12-8-10-22-9-6-7-11-26(22)31/h6-19,36H,4-5,20H2,1-3H3. The van der Waals surface area contributed by atoms with E-state index >= 15 is 0 Å². The average molecular weight is 544 g/mol. The van der Waals surface area contributed by atoms with Crippen molar-refractivity contribution in [2.24, 2.45) is 0 Å². The molecule has 5 nitrogen and oxygen atoms in total. The minimum Gasteiger partial charge on any atom is -0.508 e. The largest absolute Gasteiger partial charge is 0.508 e. The lowest BCUT2D eigenvalue weighted by atomic mass is 10.1. The lowest BCUT2D eigenvalue weighted by Crippen LogP contribution is -2.23. The van der Waals surface area contributed by atoms with Crippen LogP contribution in [0.3, 0.4) is 0 Å². The van der Waals surface area contributed by atoms with Crippen molar-refractivity contribution >= 4 is 55.6 Å². The molecule has 194 valence electrons. The van der Waals surface area contributed by atoms with Crippen LogP contribution in [0.25, 0.3) is 21.7 Å². The number of benzene rings is 4. The first-order valence-electron chi connectivity index (χ1n) is 12.7. The first-order chi connectivity index (χ1) is 18.4. The van der Waals surface area contributed by atoms with Gasteiger partial charge in [0.2, 0.25) is 0 Å². The molecular weight excluding hydrogens is 514 g/mol. The second-order valence-corrected chi connectivity index (χ2v) is 11.0. The van der Waals surface area contributed by atoms with Crippen molar-refractivity contribution in [1.82, 2.24) is 9.88 Å². The van der Waals surface area contributed by atoms with Crippen molar-refractivity contribution in [2.75, 3.05) is 17.4 Å². The minimum atomic E-state index is -1.62. The van der Waals surface area contributed by atoms with Gasteiger partial charge in [0, 0.05) is 28.2 Å². The van der Waals surface area contributed by atoms with Crippen molar-refractivity contribution in [2.45, 2.75) is 32.2 Å². The summed E-state index contributed by atoms with van der Waals surface area (Å²) in [5, 5.41) is 14.1. The smallest absolute Gasteiger partial charge is 0.158 e. The van der Waals surface area contributed by atoms with Gasteiger partial charge in [-0.05, 0) is 79.3 Å². The van der Waals surface area contributed by atoms with Crippen molar-refractivity contribution in [1.29, 1.82) is 0 Å². The molecule has 0 bridgehead atoms. The zero-order valence-electron chi connectivity index (χ0n) is 21.7. The van der Waals surface area contributed by atoms with Gasteiger partial charge in [-0.25, -0.2) is 4.21 Å². The first kappa shape index (κ1) is 26.2. The van der Waals surface area contributed by atoms with Gasteiger partial charge in [-0.2, -0.15) is 0 Å². The molecule has 7 heteroatoms. The van der Waals surface area contributed by atoms with Crippen LogP contribution in [0.2, 0.25) is 5.02 Å². The van der Waals surface area contributed by atoms with Crippen LogP contribution in [0.5, 0.6) is 5.75 Å². The van der Waals surface area contributed by atoms with Gasteiger partial charge in [0.1, 0.15) is 5.75 Å². The van der Waals surface area contributed by atoms with Crippen LogP contribution in [0, 0.1) is 6.92 Å². The highest BCUT2D eigenvalue weighted by molar-refractivity contribution is 7.87. The summed E-state index contributed by atoms with van der Waals surface area (Å²) in [6, 6.07) is 26.8. The summed E-state index contributed by atoms with van der Waals surface area (Å²) in [7, 11) is -1.62. The second-order valence-electron chi connectivity index (χ2n) is 9.24. The van der Waals surface area contributed by atoms with Gasteiger partial charge in [0.25, 0.3) is 0 Å². The summed E-state index contributed by atoms with van der Waals surface area (Å²) in [4.78, 5) is 7.63. The number of pyridine rings is 1. The van der Waals surface area contributed by atoms with Gasteiger partial charge in [-0.1, -0.05) is 61.8 Å². The predicted molar refractivity (Wildman–Crippen MR) is 159 cm³/mol. The van der Waals surface area contributed by atoms with E-state index in [4.69, 9.17) is 16.6 Å². The molecule has 5 aromatic rings. The van der Waals surface area contributed by atoms with Crippen LogP contribution in [-0.4, -0.2) is 32.3 Å². The maximum Gasteiger partial charge on any atom is 0.158 e. The molecule has 1 N–H and O–H groups in total. The number of fused-ring (bicyclic) bond motifs is 2. The number of aromatic nitrogens is 1. The molecule has 0 aliphatic carbocycles. The Morgan fingerprint density at radius 3 is 2.45 bits per heavy atom. The fourth-order valence-electron chi connectivity index (χ4n) is 4.76. The molecule has 5 rings (SSSR count). The summed E-state index contributed by atoms with van der Waals surface area (Å²) in [5.41, 5.74) is 3.78. The highest BCUT2D eigenvalue weighted by Crippen LogP contribution is 2.39. The van der Waals surface area contributed by atoms with Crippen molar-refractivity contribution in [3.05, 3.63) is 101 Å². The molecule has 0 amide bonds. The van der Waals surface area contributed by atoms with Crippen LogP contribution in [0.1, 0.15) is 25.1 Å². The number of aromatic hydroxyl groups is 1. The molecular formula is C31H30ClN3O2S.